The summed E-state index contributed by atoms with van der Waals surface area (Å²) in [6, 6.07) is 9.47. The summed E-state index contributed by atoms with van der Waals surface area (Å²) in [4.78, 5) is 27.3. The molecule has 2 amide bonds. The molecular formula is C23H29ClFN3O4S. The molecule has 0 aliphatic rings. The molecule has 1 unspecified atom stereocenters. The molecule has 2 aromatic rings. The van der Waals surface area contributed by atoms with Gasteiger partial charge in [-0.3, -0.25) is 13.9 Å². The summed E-state index contributed by atoms with van der Waals surface area (Å²) in [6.07, 6.45) is 1.72. The first-order valence-electron chi connectivity index (χ1n) is 10.5. The van der Waals surface area contributed by atoms with Crippen LogP contribution in [0.4, 0.5) is 10.1 Å². The number of sulfonamides is 1. The fraction of sp³-hybridized carbons (Fsp3) is 0.391. The molecule has 2 rings (SSSR count). The van der Waals surface area contributed by atoms with Gasteiger partial charge in [0.25, 0.3) is 0 Å². The Morgan fingerprint density at radius 1 is 1.15 bits per heavy atom. The van der Waals surface area contributed by atoms with E-state index in [2.05, 4.69) is 5.32 Å². The molecule has 33 heavy (non-hydrogen) atoms. The summed E-state index contributed by atoms with van der Waals surface area (Å²) in [7, 11) is -3.85. The maximum Gasteiger partial charge on any atom is 0.244 e. The van der Waals surface area contributed by atoms with Crippen molar-refractivity contribution in [2.45, 2.75) is 39.8 Å². The number of carbonyl (C=O) groups is 2. The first-order chi connectivity index (χ1) is 15.5. The lowest BCUT2D eigenvalue weighted by Gasteiger charge is -2.32. The number of benzene rings is 2. The molecule has 1 N–H and O–H groups in total. The maximum atomic E-state index is 13.4. The van der Waals surface area contributed by atoms with Crippen LogP contribution in [0.15, 0.2) is 42.5 Å². The third kappa shape index (κ3) is 7.17. The largest absolute Gasteiger partial charge is 0.354 e. The Labute approximate surface area is 199 Å². The van der Waals surface area contributed by atoms with Gasteiger partial charge < -0.3 is 10.2 Å². The number of amides is 2. The van der Waals surface area contributed by atoms with Crippen molar-refractivity contribution in [3.8, 4) is 0 Å². The SMILES string of the molecule is CCCNC(=O)C(C)N(Cc1ccc(F)cc1)C(=O)CN(c1cccc(Cl)c1C)S(C)(=O)=O. The van der Waals surface area contributed by atoms with E-state index in [0.717, 1.165) is 17.0 Å². The number of nitrogens with one attached hydrogen (secondary N) is 1. The normalized spacial score (nSPS) is 12.2. The number of carbonyl (C=O) groups excluding carboxylic acids is 2. The van der Waals surface area contributed by atoms with Crippen LogP contribution in [-0.4, -0.2) is 50.5 Å². The minimum absolute atomic E-state index is 0.00591. The zero-order valence-corrected chi connectivity index (χ0v) is 20.7. The van der Waals surface area contributed by atoms with Crippen LogP contribution in [0.3, 0.4) is 0 Å². The molecule has 7 nitrogen and oxygen atoms in total. The van der Waals surface area contributed by atoms with Crippen LogP contribution in [0.2, 0.25) is 5.02 Å². The second kappa shape index (κ2) is 11.5. The number of anilines is 1. The van der Waals surface area contributed by atoms with E-state index in [1.165, 1.54) is 29.2 Å². The van der Waals surface area contributed by atoms with Gasteiger partial charge in [0.05, 0.1) is 11.9 Å². The predicted molar refractivity (Wildman–Crippen MR) is 128 cm³/mol. The van der Waals surface area contributed by atoms with Gasteiger partial charge in [-0.2, -0.15) is 0 Å². The lowest BCUT2D eigenvalue weighted by molar-refractivity contribution is -0.139. The van der Waals surface area contributed by atoms with E-state index in [9.17, 15) is 22.4 Å². The van der Waals surface area contributed by atoms with Gasteiger partial charge in [-0.15, -0.1) is 0 Å². The van der Waals surface area contributed by atoms with Crippen LogP contribution < -0.4 is 9.62 Å². The standard InChI is InChI=1S/C23H29ClFN3O4S/c1-5-13-26-23(30)17(3)27(14-18-9-11-19(25)12-10-18)22(29)15-28(33(4,31)32)21-8-6-7-20(24)16(21)2/h6-12,17H,5,13-15H2,1-4H3,(H,26,30). The van der Waals surface area contributed by atoms with E-state index in [1.54, 1.807) is 32.0 Å². The van der Waals surface area contributed by atoms with Gasteiger partial charge in [-0.25, -0.2) is 12.8 Å². The summed E-state index contributed by atoms with van der Waals surface area (Å²) < 4.78 is 39.5. The molecule has 0 bridgehead atoms. The van der Waals surface area contributed by atoms with Crippen molar-refractivity contribution in [3.63, 3.8) is 0 Å². The lowest BCUT2D eigenvalue weighted by atomic mass is 10.1. The average Bonchev–Trinajstić information content (AvgIpc) is 2.76. The molecule has 0 saturated carbocycles. The van der Waals surface area contributed by atoms with E-state index in [1.807, 2.05) is 6.92 Å². The van der Waals surface area contributed by atoms with Gasteiger partial charge in [-0.05, 0) is 55.7 Å². The van der Waals surface area contributed by atoms with E-state index in [0.29, 0.717) is 22.7 Å². The quantitative estimate of drug-likeness (QED) is 0.544. The number of hydrogen-bond acceptors (Lipinski definition) is 4. The summed E-state index contributed by atoms with van der Waals surface area (Å²) >= 11 is 6.17. The third-order valence-corrected chi connectivity index (χ3v) is 6.71. The Morgan fingerprint density at radius 3 is 2.36 bits per heavy atom. The van der Waals surface area contributed by atoms with E-state index < -0.39 is 34.3 Å². The molecule has 0 aliphatic heterocycles. The molecular weight excluding hydrogens is 469 g/mol. The van der Waals surface area contributed by atoms with Crippen molar-refractivity contribution in [3.05, 3.63) is 64.4 Å². The summed E-state index contributed by atoms with van der Waals surface area (Å²) in [6.45, 7) is 5.07. The molecule has 2 aromatic carbocycles. The molecule has 0 aromatic heterocycles. The highest BCUT2D eigenvalue weighted by Gasteiger charge is 2.30. The zero-order chi connectivity index (χ0) is 24.8. The van der Waals surface area contributed by atoms with E-state index >= 15 is 0 Å². The molecule has 0 aliphatic carbocycles. The number of halogens is 2. The van der Waals surface area contributed by atoms with Crippen LogP contribution >= 0.6 is 11.6 Å². The van der Waals surface area contributed by atoms with Crippen molar-refractivity contribution in [1.29, 1.82) is 0 Å². The Balaban J connectivity index is 2.40. The van der Waals surface area contributed by atoms with Crippen LogP contribution in [0.1, 0.15) is 31.4 Å². The van der Waals surface area contributed by atoms with Crippen molar-refractivity contribution in [2.75, 3.05) is 23.7 Å². The van der Waals surface area contributed by atoms with Crippen molar-refractivity contribution in [2.24, 2.45) is 0 Å². The highest BCUT2D eigenvalue weighted by molar-refractivity contribution is 7.92. The van der Waals surface area contributed by atoms with E-state index in [-0.39, 0.29) is 18.1 Å². The first-order valence-corrected chi connectivity index (χ1v) is 12.7. The van der Waals surface area contributed by atoms with Crippen LogP contribution in [0, 0.1) is 12.7 Å². The highest BCUT2D eigenvalue weighted by atomic mass is 35.5. The minimum Gasteiger partial charge on any atom is -0.354 e. The van der Waals surface area contributed by atoms with Crippen molar-refractivity contribution in [1.82, 2.24) is 10.2 Å². The van der Waals surface area contributed by atoms with Gasteiger partial charge >= 0.3 is 0 Å². The molecule has 10 heteroatoms. The minimum atomic E-state index is -3.85. The second-order valence-electron chi connectivity index (χ2n) is 7.77. The number of nitrogens with zero attached hydrogens (tertiary/aromatic N) is 2. The van der Waals surface area contributed by atoms with Crippen molar-refractivity contribution >= 4 is 39.1 Å². The monoisotopic (exact) mass is 497 g/mol. The molecule has 0 saturated heterocycles. The molecule has 0 fully saturated rings. The first kappa shape index (κ1) is 26.6. The fourth-order valence-corrected chi connectivity index (χ4v) is 4.30. The smallest absolute Gasteiger partial charge is 0.244 e. The van der Waals surface area contributed by atoms with Gasteiger partial charge in [-0.1, -0.05) is 36.7 Å². The second-order valence-corrected chi connectivity index (χ2v) is 10.1. The van der Waals surface area contributed by atoms with Crippen LogP contribution in [-0.2, 0) is 26.2 Å². The topological polar surface area (TPSA) is 86.8 Å². The Morgan fingerprint density at radius 2 is 1.79 bits per heavy atom. The Bertz CT molecular complexity index is 1090. The summed E-state index contributed by atoms with van der Waals surface area (Å²) in [5, 5.41) is 3.12. The third-order valence-electron chi connectivity index (χ3n) is 5.17. The van der Waals surface area contributed by atoms with Crippen LogP contribution in [0.5, 0.6) is 0 Å². The van der Waals surface area contributed by atoms with Gasteiger partial charge in [0, 0.05) is 18.1 Å². The molecule has 0 heterocycles. The van der Waals surface area contributed by atoms with E-state index in [4.69, 9.17) is 11.6 Å². The number of hydrogen-bond donors (Lipinski definition) is 1. The van der Waals surface area contributed by atoms with Crippen LogP contribution in [0.25, 0.3) is 0 Å². The number of rotatable bonds is 10. The van der Waals surface area contributed by atoms with Gasteiger partial charge in [0.2, 0.25) is 21.8 Å². The Hall–Kier alpha value is -2.65. The molecule has 0 radical (unpaired) electrons. The van der Waals surface area contributed by atoms with Crippen molar-refractivity contribution < 1.29 is 22.4 Å². The molecule has 0 spiro atoms. The zero-order valence-electron chi connectivity index (χ0n) is 19.1. The fourth-order valence-electron chi connectivity index (χ4n) is 3.23. The average molecular weight is 498 g/mol. The molecule has 180 valence electrons. The predicted octanol–water partition coefficient (Wildman–Crippen LogP) is 3.50. The summed E-state index contributed by atoms with van der Waals surface area (Å²) in [5.74, 6) is -1.37. The van der Waals surface area contributed by atoms with Gasteiger partial charge in [0.1, 0.15) is 18.4 Å². The Kier molecular flexibility index (Phi) is 9.25. The highest BCUT2D eigenvalue weighted by Crippen LogP contribution is 2.28. The summed E-state index contributed by atoms with van der Waals surface area (Å²) in [5.41, 5.74) is 1.39. The van der Waals surface area contributed by atoms with Gasteiger partial charge in [0.15, 0.2) is 0 Å². The lowest BCUT2D eigenvalue weighted by Crippen LogP contribution is -2.51. The maximum absolute atomic E-state index is 13.4. The molecule has 1 atom stereocenters.